The zero-order valence-corrected chi connectivity index (χ0v) is 25.7. The lowest BCUT2D eigenvalue weighted by Gasteiger charge is -2.23. The van der Waals surface area contributed by atoms with Crippen molar-refractivity contribution < 1.29 is 0 Å². The molecule has 3 aliphatic rings. The van der Waals surface area contributed by atoms with E-state index in [9.17, 15) is 0 Å². The van der Waals surface area contributed by atoms with Crippen molar-refractivity contribution in [3.05, 3.63) is 161 Å². The monoisotopic (exact) mass is 589 g/mol. The summed E-state index contributed by atoms with van der Waals surface area (Å²) in [5.41, 5.74) is 14.9. The van der Waals surface area contributed by atoms with Crippen LogP contribution in [0.3, 0.4) is 0 Å². The predicted octanol–water partition coefficient (Wildman–Crippen LogP) is 10.2. The van der Waals surface area contributed by atoms with Crippen molar-refractivity contribution in [2.75, 3.05) is 6.54 Å². The first-order chi connectivity index (χ1) is 22.7. The van der Waals surface area contributed by atoms with Crippen molar-refractivity contribution in [3.63, 3.8) is 0 Å². The van der Waals surface area contributed by atoms with E-state index in [1.807, 2.05) is 12.3 Å². The lowest BCUT2D eigenvalue weighted by Crippen LogP contribution is -2.16. The number of hydrogen-bond donors (Lipinski definition) is 0. The number of aryl methyl sites for hydroxylation is 1. The van der Waals surface area contributed by atoms with E-state index in [1.54, 1.807) is 0 Å². The Morgan fingerprint density at radius 1 is 0.674 bits per heavy atom. The van der Waals surface area contributed by atoms with Crippen LogP contribution in [0.4, 0.5) is 0 Å². The van der Waals surface area contributed by atoms with Crippen molar-refractivity contribution in [1.82, 2.24) is 4.98 Å². The molecule has 0 radical (unpaired) electrons. The second kappa shape index (κ2) is 10.8. The first kappa shape index (κ1) is 26.7. The average molecular weight is 590 g/mol. The molecule has 6 aromatic rings. The molecule has 0 saturated carbocycles. The Labute approximate surface area is 268 Å². The second-order valence-corrected chi connectivity index (χ2v) is 12.4. The van der Waals surface area contributed by atoms with Gasteiger partial charge in [-0.05, 0) is 92.6 Å². The number of rotatable bonds is 3. The highest BCUT2D eigenvalue weighted by Gasteiger charge is 2.24. The van der Waals surface area contributed by atoms with E-state index in [4.69, 9.17) is 15.0 Å². The molecule has 0 amide bonds. The molecule has 1 aliphatic heterocycles. The van der Waals surface area contributed by atoms with Gasteiger partial charge in [-0.15, -0.1) is 5.73 Å². The number of fused-ring (bicyclic) bond motifs is 8. The quantitative estimate of drug-likeness (QED) is 0.149. The predicted molar refractivity (Wildman–Crippen MR) is 193 cm³/mol. The first-order valence-corrected chi connectivity index (χ1v) is 16.1. The molecule has 3 nitrogen and oxygen atoms in total. The molecule has 0 bridgehead atoms. The van der Waals surface area contributed by atoms with Crippen LogP contribution in [-0.2, 0) is 6.42 Å². The summed E-state index contributed by atoms with van der Waals surface area (Å²) in [6.45, 7) is 2.72. The molecule has 218 valence electrons. The zero-order valence-electron chi connectivity index (χ0n) is 25.7. The van der Waals surface area contributed by atoms with Crippen LogP contribution in [-0.4, -0.2) is 23.5 Å². The smallest absolute Gasteiger partial charge is 0.111 e. The highest BCUT2D eigenvalue weighted by molar-refractivity contribution is 6.38. The summed E-state index contributed by atoms with van der Waals surface area (Å²) >= 11 is 0. The molecule has 9 rings (SSSR count). The SMILES string of the molecule is CC1=C=CC=CC2=C1c1nc(C3CN=C(c4ccc(-c5ccc6c7ccccc7c7ccccc7c6c5)cc4)C=N3)ccc1CC2. The number of aromatic nitrogens is 1. The largest absolute Gasteiger partial charge is 0.280 e. The second-order valence-electron chi connectivity index (χ2n) is 12.4. The third-order valence-corrected chi connectivity index (χ3v) is 9.70. The van der Waals surface area contributed by atoms with E-state index < -0.39 is 0 Å². The Morgan fingerprint density at radius 2 is 1.35 bits per heavy atom. The topological polar surface area (TPSA) is 37.6 Å². The van der Waals surface area contributed by atoms with E-state index in [1.165, 1.54) is 60.2 Å². The molecule has 2 heterocycles. The van der Waals surface area contributed by atoms with Gasteiger partial charge < -0.3 is 0 Å². The molecule has 1 aromatic heterocycles. The summed E-state index contributed by atoms with van der Waals surface area (Å²) < 4.78 is 0. The summed E-state index contributed by atoms with van der Waals surface area (Å²) in [4.78, 5) is 15.1. The van der Waals surface area contributed by atoms with Gasteiger partial charge >= 0.3 is 0 Å². The minimum atomic E-state index is -0.0797. The van der Waals surface area contributed by atoms with E-state index in [0.29, 0.717) is 6.54 Å². The van der Waals surface area contributed by atoms with Crippen molar-refractivity contribution in [2.45, 2.75) is 25.8 Å². The van der Waals surface area contributed by atoms with Crippen LogP contribution in [0.1, 0.15) is 41.9 Å². The highest BCUT2D eigenvalue weighted by Crippen LogP contribution is 2.38. The summed E-state index contributed by atoms with van der Waals surface area (Å²) in [5.74, 6) is 0. The average Bonchev–Trinajstić information content (AvgIpc) is 3.32. The van der Waals surface area contributed by atoms with Crippen LogP contribution in [0, 0.1) is 0 Å². The molecule has 3 heteroatoms. The van der Waals surface area contributed by atoms with Crippen LogP contribution in [0.25, 0.3) is 49.0 Å². The summed E-state index contributed by atoms with van der Waals surface area (Å²) in [6, 6.07) is 37.3. The van der Waals surface area contributed by atoms with Crippen LogP contribution in [0.2, 0.25) is 0 Å². The maximum Gasteiger partial charge on any atom is 0.111 e. The number of hydrogen-bond acceptors (Lipinski definition) is 3. The number of aliphatic imine (C=N–C) groups is 2. The number of benzene rings is 5. The Balaban J connectivity index is 0.992. The normalized spacial score (nSPS) is 17.2. The molecule has 0 spiro atoms. The molecule has 5 aromatic carbocycles. The molecule has 2 aliphatic carbocycles. The van der Waals surface area contributed by atoms with Crippen LogP contribution < -0.4 is 0 Å². The number of allylic oxidation sites excluding steroid dienone is 5. The minimum absolute atomic E-state index is 0.0797. The molecular formula is C43H31N3. The van der Waals surface area contributed by atoms with Gasteiger partial charge in [-0.1, -0.05) is 103 Å². The third-order valence-electron chi connectivity index (χ3n) is 9.70. The fourth-order valence-corrected chi connectivity index (χ4v) is 7.34. The van der Waals surface area contributed by atoms with Gasteiger partial charge in [0.05, 0.1) is 23.6 Å². The summed E-state index contributed by atoms with van der Waals surface area (Å²) in [6.07, 6.45) is 10.3. The lowest BCUT2D eigenvalue weighted by molar-refractivity contribution is 0.708. The summed E-state index contributed by atoms with van der Waals surface area (Å²) in [5, 5.41) is 7.75. The van der Waals surface area contributed by atoms with Crippen molar-refractivity contribution >= 4 is 49.8 Å². The van der Waals surface area contributed by atoms with E-state index in [0.717, 1.165) is 41.1 Å². The minimum Gasteiger partial charge on any atom is -0.280 e. The summed E-state index contributed by atoms with van der Waals surface area (Å²) in [7, 11) is 0. The van der Waals surface area contributed by atoms with Gasteiger partial charge in [-0.2, -0.15) is 0 Å². The van der Waals surface area contributed by atoms with Crippen molar-refractivity contribution in [3.8, 4) is 11.1 Å². The van der Waals surface area contributed by atoms with Gasteiger partial charge in [0.15, 0.2) is 0 Å². The van der Waals surface area contributed by atoms with E-state index >= 15 is 0 Å². The Kier molecular flexibility index (Phi) is 6.26. The molecular weight excluding hydrogens is 558 g/mol. The van der Waals surface area contributed by atoms with Crippen LogP contribution in [0.15, 0.2) is 148 Å². The van der Waals surface area contributed by atoms with Crippen molar-refractivity contribution in [1.29, 1.82) is 0 Å². The lowest BCUT2D eigenvalue weighted by atomic mass is 9.85. The van der Waals surface area contributed by atoms with Gasteiger partial charge in [0.2, 0.25) is 0 Å². The van der Waals surface area contributed by atoms with Gasteiger partial charge in [-0.25, -0.2) is 0 Å². The molecule has 1 atom stereocenters. The molecule has 0 N–H and O–H groups in total. The first-order valence-electron chi connectivity index (χ1n) is 16.1. The fourth-order valence-electron chi connectivity index (χ4n) is 7.34. The maximum atomic E-state index is 5.16. The standard InChI is InChI=1S/C43H31N3/c1-27-8-2-3-9-30-18-19-31-21-23-39(46-43(31)42(27)30)41-26-44-40(25-45-41)29-16-14-28(15-17-29)32-20-22-37-35-12-5-4-10-33(35)34-11-6-7-13-36(34)38(37)24-32/h2-7,9-17,20-25,41H,18-19,26H2,1H3. The molecule has 1 unspecified atom stereocenters. The van der Waals surface area contributed by atoms with Crippen LogP contribution in [0.5, 0.6) is 0 Å². The van der Waals surface area contributed by atoms with Gasteiger partial charge in [-0.3, -0.25) is 15.0 Å². The van der Waals surface area contributed by atoms with Crippen LogP contribution >= 0.6 is 0 Å². The molecule has 0 fully saturated rings. The molecule has 46 heavy (non-hydrogen) atoms. The van der Waals surface area contributed by atoms with Crippen molar-refractivity contribution in [2.24, 2.45) is 9.98 Å². The molecule has 0 saturated heterocycles. The Morgan fingerprint density at radius 3 is 2.07 bits per heavy atom. The Hall–Kier alpha value is -5.63. The maximum absolute atomic E-state index is 5.16. The van der Waals surface area contributed by atoms with Gasteiger partial charge in [0.25, 0.3) is 0 Å². The third kappa shape index (κ3) is 4.40. The number of nitrogens with zero attached hydrogens (tertiary/aromatic N) is 3. The van der Waals surface area contributed by atoms with E-state index in [2.05, 4.69) is 128 Å². The number of pyridine rings is 1. The van der Waals surface area contributed by atoms with Gasteiger partial charge in [0.1, 0.15) is 6.04 Å². The zero-order chi connectivity index (χ0) is 30.6. The highest BCUT2D eigenvalue weighted by atomic mass is 14.9. The fraction of sp³-hybridized carbons (Fsp3) is 0.116. The van der Waals surface area contributed by atoms with E-state index in [-0.39, 0.29) is 6.04 Å². The Bertz CT molecular complexity index is 2390. The van der Waals surface area contributed by atoms with Gasteiger partial charge in [0, 0.05) is 22.9 Å².